The molecule has 0 bridgehead atoms. The number of nitrogens with zero attached hydrogens (tertiary/aromatic N) is 2. The molecule has 1 unspecified atom stereocenters. The summed E-state index contributed by atoms with van der Waals surface area (Å²) >= 11 is 0. The second-order valence-electron chi connectivity index (χ2n) is 6.03. The number of rotatable bonds is 2. The zero-order valence-corrected chi connectivity index (χ0v) is 12.4. The molecule has 0 spiro atoms. The Bertz CT molecular complexity index is 263. The molecule has 0 aliphatic carbocycles. The average Bonchev–Trinajstić information content (AvgIpc) is 2.62. The van der Waals surface area contributed by atoms with Crippen molar-refractivity contribution in [3.63, 3.8) is 0 Å². The second kappa shape index (κ2) is 6.03. The van der Waals surface area contributed by atoms with Crippen LogP contribution in [0.15, 0.2) is 0 Å². The smallest absolute Gasteiger partial charge is 0.240 e. The maximum atomic E-state index is 12.1. The van der Waals surface area contributed by atoms with E-state index < -0.39 is 6.04 Å². The van der Waals surface area contributed by atoms with Gasteiger partial charge in [-0.2, -0.15) is 0 Å². The van der Waals surface area contributed by atoms with Gasteiger partial charge in [0.25, 0.3) is 0 Å². The van der Waals surface area contributed by atoms with Gasteiger partial charge in [0.05, 0.1) is 6.04 Å². The summed E-state index contributed by atoms with van der Waals surface area (Å²) in [6.45, 7) is 7.68. The number of halogens is 1. The van der Waals surface area contributed by atoms with Crippen molar-refractivity contribution >= 4 is 18.3 Å². The highest BCUT2D eigenvalue weighted by atomic mass is 35.5. The molecule has 2 N–H and O–H groups in total. The normalized spacial score (nSPS) is 22.5. The topological polar surface area (TPSA) is 49.6 Å². The number of likely N-dealkylation sites (N-methyl/N-ethyl adjacent to an activating group) is 1. The van der Waals surface area contributed by atoms with E-state index in [1.165, 1.54) is 0 Å². The van der Waals surface area contributed by atoms with Gasteiger partial charge in [-0.15, -0.1) is 12.4 Å². The summed E-state index contributed by atoms with van der Waals surface area (Å²) in [6.07, 6.45) is 1.05. The third-order valence-corrected chi connectivity index (χ3v) is 3.40. The highest BCUT2D eigenvalue weighted by Crippen LogP contribution is 2.22. The lowest BCUT2D eigenvalue weighted by Crippen LogP contribution is -2.50. The van der Waals surface area contributed by atoms with Crippen molar-refractivity contribution in [3.05, 3.63) is 0 Å². The molecule has 1 fully saturated rings. The SMILES string of the molecule is CN(C)C1CCN(C(=O)[C@@H](N)C(C)(C)C)C1.Cl. The van der Waals surface area contributed by atoms with Crippen molar-refractivity contribution in [1.29, 1.82) is 0 Å². The summed E-state index contributed by atoms with van der Waals surface area (Å²) in [7, 11) is 4.12. The number of carbonyl (C=O) groups is 1. The molecule has 4 nitrogen and oxygen atoms in total. The first-order valence-electron chi connectivity index (χ1n) is 5.94. The van der Waals surface area contributed by atoms with E-state index in [0.717, 1.165) is 19.5 Å². The standard InChI is InChI=1S/C12H25N3O.ClH/c1-12(2,3)10(13)11(16)15-7-6-9(8-15)14(4)5;/h9-10H,6-8,13H2,1-5H3;1H/t9?,10-;/m1./s1. The molecule has 5 heteroatoms. The van der Waals surface area contributed by atoms with Crippen molar-refractivity contribution in [2.24, 2.45) is 11.1 Å². The Labute approximate surface area is 111 Å². The molecule has 0 aromatic carbocycles. The monoisotopic (exact) mass is 263 g/mol. The fourth-order valence-electron chi connectivity index (χ4n) is 1.93. The zero-order chi connectivity index (χ0) is 12.5. The molecule has 1 heterocycles. The second-order valence-corrected chi connectivity index (χ2v) is 6.03. The molecule has 0 aromatic rings. The zero-order valence-electron chi connectivity index (χ0n) is 11.6. The van der Waals surface area contributed by atoms with Crippen LogP contribution in [0.2, 0.25) is 0 Å². The van der Waals surface area contributed by atoms with E-state index in [0.29, 0.717) is 6.04 Å². The minimum absolute atomic E-state index is 0. The van der Waals surface area contributed by atoms with E-state index >= 15 is 0 Å². The van der Waals surface area contributed by atoms with E-state index in [-0.39, 0.29) is 23.7 Å². The number of nitrogens with two attached hydrogens (primary N) is 1. The number of hydrogen-bond donors (Lipinski definition) is 1. The van der Waals surface area contributed by atoms with Crippen LogP contribution in [0.3, 0.4) is 0 Å². The largest absolute Gasteiger partial charge is 0.340 e. The van der Waals surface area contributed by atoms with Crippen molar-refractivity contribution in [2.45, 2.75) is 39.3 Å². The van der Waals surface area contributed by atoms with Gasteiger partial charge in [-0.1, -0.05) is 20.8 Å². The first-order chi connectivity index (χ1) is 7.23. The van der Waals surface area contributed by atoms with Gasteiger partial charge >= 0.3 is 0 Å². The molecule has 1 aliphatic rings. The van der Waals surface area contributed by atoms with Crippen LogP contribution >= 0.6 is 12.4 Å². The summed E-state index contributed by atoms with van der Waals surface area (Å²) in [5.41, 5.74) is 5.83. The van der Waals surface area contributed by atoms with Crippen LogP contribution < -0.4 is 5.73 Å². The number of amides is 1. The first-order valence-corrected chi connectivity index (χ1v) is 5.94. The molecule has 1 rings (SSSR count). The number of carbonyl (C=O) groups excluding carboxylic acids is 1. The van der Waals surface area contributed by atoms with Crippen LogP contribution in [0.25, 0.3) is 0 Å². The van der Waals surface area contributed by atoms with Crippen LogP contribution in [0.5, 0.6) is 0 Å². The van der Waals surface area contributed by atoms with Gasteiger partial charge in [0, 0.05) is 19.1 Å². The Morgan fingerprint density at radius 3 is 2.29 bits per heavy atom. The third kappa shape index (κ3) is 4.12. The predicted molar refractivity (Wildman–Crippen MR) is 73.4 cm³/mol. The first kappa shape index (κ1) is 16.7. The summed E-state index contributed by atoms with van der Waals surface area (Å²) in [4.78, 5) is 16.2. The van der Waals surface area contributed by atoms with Gasteiger partial charge in [0.2, 0.25) is 5.91 Å². The lowest BCUT2D eigenvalue weighted by atomic mass is 9.86. The molecular weight excluding hydrogens is 238 g/mol. The molecule has 102 valence electrons. The van der Waals surface area contributed by atoms with E-state index in [1.54, 1.807) is 0 Å². The number of likely N-dealkylation sites (tertiary alicyclic amines) is 1. The Hall–Kier alpha value is -0.320. The summed E-state index contributed by atoms with van der Waals surface area (Å²) in [5, 5.41) is 0. The van der Waals surface area contributed by atoms with Crippen LogP contribution in [-0.4, -0.2) is 55.0 Å². The molecule has 1 aliphatic heterocycles. The minimum atomic E-state index is -0.395. The summed E-state index contributed by atoms with van der Waals surface area (Å²) in [5.74, 6) is 0.0943. The van der Waals surface area contributed by atoms with Crippen molar-refractivity contribution in [3.8, 4) is 0 Å². The Morgan fingerprint density at radius 2 is 1.94 bits per heavy atom. The van der Waals surface area contributed by atoms with Crippen LogP contribution in [0.4, 0.5) is 0 Å². The van der Waals surface area contributed by atoms with Crippen LogP contribution in [0.1, 0.15) is 27.2 Å². The molecule has 1 saturated heterocycles. The fourth-order valence-corrected chi connectivity index (χ4v) is 1.93. The summed E-state index contributed by atoms with van der Waals surface area (Å²) in [6, 6.07) is 0.0875. The fraction of sp³-hybridized carbons (Fsp3) is 0.917. The van der Waals surface area contributed by atoms with Gasteiger partial charge in [-0.05, 0) is 25.9 Å². The minimum Gasteiger partial charge on any atom is -0.340 e. The van der Waals surface area contributed by atoms with E-state index in [2.05, 4.69) is 19.0 Å². The Kier molecular flexibility index (Phi) is 5.91. The average molecular weight is 264 g/mol. The van der Waals surface area contributed by atoms with Gasteiger partial charge in [-0.25, -0.2) is 0 Å². The van der Waals surface area contributed by atoms with Gasteiger partial charge in [0.1, 0.15) is 0 Å². The molecule has 17 heavy (non-hydrogen) atoms. The predicted octanol–water partition coefficient (Wildman–Crippen LogP) is 0.944. The van der Waals surface area contributed by atoms with E-state index in [9.17, 15) is 4.79 Å². The Balaban J connectivity index is 0.00000256. The molecule has 1 amide bonds. The van der Waals surface area contributed by atoms with E-state index in [4.69, 9.17) is 5.73 Å². The van der Waals surface area contributed by atoms with Crippen LogP contribution in [-0.2, 0) is 4.79 Å². The van der Waals surface area contributed by atoms with Crippen molar-refractivity contribution in [2.75, 3.05) is 27.2 Å². The quantitative estimate of drug-likeness (QED) is 0.807. The summed E-state index contributed by atoms with van der Waals surface area (Å²) < 4.78 is 0. The molecule has 0 aromatic heterocycles. The van der Waals surface area contributed by atoms with Crippen molar-refractivity contribution < 1.29 is 4.79 Å². The van der Waals surface area contributed by atoms with Crippen LogP contribution in [0, 0.1) is 5.41 Å². The van der Waals surface area contributed by atoms with E-state index in [1.807, 2.05) is 25.7 Å². The van der Waals surface area contributed by atoms with Gasteiger partial charge < -0.3 is 15.5 Å². The molecule has 0 saturated carbocycles. The molecule has 0 radical (unpaired) electrons. The maximum absolute atomic E-state index is 12.1. The van der Waals surface area contributed by atoms with Crippen molar-refractivity contribution in [1.82, 2.24) is 9.80 Å². The highest BCUT2D eigenvalue weighted by molar-refractivity contribution is 5.85. The molecule has 2 atom stereocenters. The lowest BCUT2D eigenvalue weighted by molar-refractivity contribution is -0.134. The maximum Gasteiger partial charge on any atom is 0.240 e. The van der Waals surface area contributed by atoms with Gasteiger partial charge in [0.15, 0.2) is 0 Å². The third-order valence-electron chi connectivity index (χ3n) is 3.40. The number of hydrogen-bond acceptors (Lipinski definition) is 3. The molecular formula is C12H26ClN3O. The highest BCUT2D eigenvalue weighted by Gasteiger charge is 2.35. The lowest BCUT2D eigenvalue weighted by Gasteiger charge is -2.30. The Morgan fingerprint density at radius 1 is 1.41 bits per heavy atom. The van der Waals surface area contributed by atoms with Gasteiger partial charge in [-0.3, -0.25) is 4.79 Å².